The summed E-state index contributed by atoms with van der Waals surface area (Å²) in [4.78, 5) is 29.3. The molecule has 0 atom stereocenters. The molecule has 0 fully saturated rings. The Morgan fingerprint density at radius 3 is 2.55 bits per heavy atom. The van der Waals surface area contributed by atoms with Gasteiger partial charge in [-0.05, 0) is 82.5 Å². The van der Waals surface area contributed by atoms with Gasteiger partial charge in [0.25, 0.3) is 5.56 Å². The average Bonchev–Trinajstić information content (AvgIpc) is 3.00. The zero-order valence-corrected chi connectivity index (χ0v) is 24.6. The molecule has 5 rings (SSSR count). The molecule has 1 N–H and O–H groups in total. The highest BCUT2D eigenvalue weighted by Crippen LogP contribution is 2.37. The number of rotatable bonds is 9. The van der Waals surface area contributed by atoms with Gasteiger partial charge in [0.05, 0.1) is 39.3 Å². The maximum absolute atomic E-state index is 13.5. The standard InChI is InChI=1S/C32H23BrF3N3O5/c1-2-43-27-15-20(14-25(33)28(27)44-18-19-7-5-9-22(13-19)31(41)42)17-37-39-29(21-8-6-10-23(16-21)32(34,35)36)38-26-12-4-3-11-24(26)30(39)40/h3-17H,2,18H2,1H3,(H,41,42). The molecule has 4 aromatic carbocycles. The highest BCUT2D eigenvalue weighted by atomic mass is 79.9. The van der Waals surface area contributed by atoms with E-state index in [4.69, 9.17) is 9.47 Å². The topological polar surface area (TPSA) is 103 Å². The Balaban J connectivity index is 1.54. The lowest BCUT2D eigenvalue weighted by Gasteiger charge is -2.15. The molecular formula is C32H23BrF3N3O5. The van der Waals surface area contributed by atoms with Crippen LogP contribution in [0.2, 0.25) is 0 Å². The predicted molar refractivity (Wildman–Crippen MR) is 162 cm³/mol. The van der Waals surface area contributed by atoms with Crippen LogP contribution in [-0.2, 0) is 12.8 Å². The number of benzene rings is 4. The molecule has 1 heterocycles. The summed E-state index contributed by atoms with van der Waals surface area (Å²) in [5.41, 5.74) is 0.172. The molecular weight excluding hydrogens is 643 g/mol. The van der Waals surface area contributed by atoms with Crippen LogP contribution in [0.3, 0.4) is 0 Å². The summed E-state index contributed by atoms with van der Waals surface area (Å²) in [5.74, 6) is -0.411. The number of carbonyl (C=O) groups is 1. The number of hydrogen-bond acceptors (Lipinski definition) is 6. The number of aromatic nitrogens is 2. The summed E-state index contributed by atoms with van der Waals surface area (Å²) in [6, 6.07) is 20.7. The van der Waals surface area contributed by atoms with Crippen LogP contribution in [0.15, 0.2) is 99.3 Å². The van der Waals surface area contributed by atoms with Crippen molar-refractivity contribution >= 4 is 39.0 Å². The molecule has 5 aromatic rings. The highest BCUT2D eigenvalue weighted by Gasteiger charge is 2.31. The van der Waals surface area contributed by atoms with Gasteiger partial charge < -0.3 is 14.6 Å². The molecule has 0 saturated heterocycles. The van der Waals surface area contributed by atoms with Crippen molar-refractivity contribution in [2.45, 2.75) is 19.7 Å². The average molecular weight is 666 g/mol. The molecule has 0 bridgehead atoms. The molecule has 12 heteroatoms. The lowest BCUT2D eigenvalue weighted by atomic mass is 10.1. The summed E-state index contributed by atoms with van der Waals surface area (Å²) in [6.45, 7) is 2.15. The van der Waals surface area contributed by atoms with E-state index in [-0.39, 0.29) is 28.9 Å². The Morgan fingerprint density at radius 2 is 1.80 bits per heavy atom. The molecule has 0 aliphatic rings. The van der Waals surface area contributed by atoms with E-state index in [1.165, 1.54) is 30.5 Å². The van der Waals surface area contributed by atoms with Gasteiger partial charge in [-0.3, -0.25) is 4.79 Å². The van der Waals surface area contributed by atoms with Crippen molar-refractivity contribution in [2.24, 2.45) is 5.10 Å². The Hall–Kier alpha value is -4.97. The molecule has 0 aliphatic carbocycles. The van der Waals surface area contributed by atoms with Gasteiger partial charge in [-0.25, -0.2) is 9.78 Å². The molecule has 0 spiro atoms. The largest absolute Gasteiger partial charge is 0.490 e. The third-order valence-corrected chi connectivity index (χ3v) is 7.00. The SMILES string of the molecule is CCOc1cc(C=Nn2c(-c3cccc(C(F)(F)F)c3)nc3ccccc3c2=O)cc(Br)c1OCc1cccc(C(=O)O)c1. The van der Waals surface area contributed by atoms with E-state index < -0.39 is 23.3 Å². The summed E-state index contributed by atoms with van der Waals surface area (Å²) >= 11 is 3.48. The minimum atomic E-state index is -4.59. The number of ether oxygens (including phenoxy) is 2. The first-order valence-electron chi connectivity index (χ1n) is 13.2. The fourth-order valence-electron chi connectivity index (χ4n) is 4.39. The highest BCUT2D eigenvalue weighted by molar-refractivity contribution is 9.10. The van der Waals surface area contributed by atoms with Crippen LogP contribution in [0.4, 0.5) is 13.2 Å². The molecule has 8 nitrogen and oxygen atoms in total. The number of aromatic carboxylic acids is 1. The Labute approximate surface area is 257 Å². The zero-order valence-electron chi connectivity index (χ0n) is 23.0. The van der Waals surface area contributed by atoms with E-state index in [1.807, 2.05) is 0 Å². The number of halogens is 4. The van der Waals surface area contributed by atoms with Crippen molar-refractivity contribution < 1.29 is 32.5 Å². The second kappa shape index (κ2) is 12.7. The first kappa shape index (κ1) is 30.5. The van der Waals surface area contributed by atoms with Crippen molar-refractivity contribution in [3.05, 3.63) is 122 Å². The van der Waals surface area contributed by atoms with Crippen LogP contribution in [0.25, 0.3) is 22.3 Å². The number of fused-ring (bicyclic) bond motifs is 1. The van der Waals surface area contributed by atoms with Gasteiger partial charge in [0.15, 0.2) is 17.3 Å². The van der Waals surface area contributed by atoms with Gasteiger partial charge >= 0.3 is 12.1 Å². The minimum absolute atomic E-state index is 0.0612. The van der Waals surface area contributed by atoms with Crippen LogP contribution >= 0.6 is 15.9 Å². The van der Waals surface area contributed by atoms with Crippen LogP contribution in [-0.4, -0.2) is 33.6 Å². The van der Waals surface area contributed by atoms with E-state index in [0.29, 0.717) is 39.2 Å². The van der Waals surface area contributed by atoms with Gasteiger partial charge in [0.1, 0.15) is 6.61 Å². The van der Waals surface area contributed by atoms with Crippen molar-refractivity contribution in [1.29, 1.82) is 0 Å². The summed E-state index contributed by atoms with van der Waals surface area (Å²) in [5, 5.41) is 13.9. The number of carboxylic acids is 1. The Bertz CT molecular complexity index is 1960. The van der Waals surface area contributed by atoms with Crippen molar-refractivity contribution in [3.8, 4) is 22.9 Å². The quantitative estimate of drug-likeness (QED) is 0.165. The summed E-state index contributed by atoms with van der Waals surface area (Å²) < 4.78 is 53.7. The molecule has 0 unspecified atom stereocenters. The predicted octanol–water partition coefficient (Wildman–Crippen LogP) is 7.40. The summed E-state index contributed by atoms with van der Waals surface area (Å²) in [6.07, 6.45) is -3.23. The lowest BCUT2D eigenvalue weighted by Crippen LogP contribution is -2.20. The molecule has 0 radical (unpaired) electrons. The second-order valence-corrected chi connectivity index (χ2v) is 10.3. The fourth-order valence-corrected chi connectivity index (χ4v) is 4.97. The minimum Gasteiger partial charge on any atom is -0.490 e. The van der Waals surface area contributed by atoms with Crippen LogP contribution < -0.4 is 15.0 Å². The molecule has 0 aliphatic heterocycles. The van der Waals surface area contributed by atoms with Gasteiger partial charge in [-0.2, -0.15) is 22.9 Å². The third-order valence-electron chi connectivity index (χ3n) is 6.41. The lowest BCUT2D eigenvalue weighted by molar-refractivity contribution is -0.137. The zero-order chi connectivity index (χ0) is 31.4. The van der Waals surface area contributed by atoms with Crippen molar-refractivity contribution in [2.75, 3.05) is 6.61 Å². The van der Waals surface area contributed by atoms with Crippen molar-refractivity contribution in [3.63, 3.8) is 0 Å². The first-order valence-corrected chi connectivity index (χ1v) is 14.0. The fraction of sp³-hybridized carbons (Fsp3) is 0.125. The molecule has 44 heavy (non-hydrogen) atoms. The van der Waals surface area contributed by atoms with E-state index in [2.05, 4.69) is 26.0 Å². The van der Waals surface area contributed by atoms with Crippen molar-refractivity contribution in [1.82, 2.24) is 9.66 Å². The van der Waals surface area contributed by atoms with E-state index >= 15 is 0 Å². The second-order valence-electron chi connectivity index (χ2n) is 9.45. The summed E-state index contributed by atoms with van der Waals surface area (Å²) in [7, 11) is 0. The Morgan fingerprint density at radius 1 is 1.02 bits per heavy atom. The van der Waals surface area contributed by atoms with Gasteiger partial charge in [-0.15, -0.1) is 0 Å². The number of carboxylic acid groups (broad SMARTS) is 1. The van der Waals surface area contributed by atoms with Gasteiger partial charge in [-0.1, -0.05) is 36.4 Å². The molecule has 224 valence electrons. The molecule has 0 saturated carbocycles. The maximum atomic E-state index is 13.5. The first-order chi connectivity index (χ1) is 21.0. The third kappa shape index (κ3) is 6.65. The van der Waals surface area contributed by atoms with E-state index in [1.54, 1.807) is 55.5 Å². The van der Waals surface area contributed by atoms with Crippen LogP contribution in [0, 0.1) is 0 Å². The number of hydrogen-bond donors (Lipinski definition) is 1. The normalized spacial score (nSPS) is 11.7. The number of para-hydroxylation sites is 1. The maximum Gasteiger partial charge on any atom is 0.416 e. The van der Waals surface area contributed by atoms with E-state index in [0.717, 1.165) is 16.8 Å². The van der Waals surface area contributed by atoms with E-state index in [9.17, 15) is 27.9 Å². The molecule has 1 aromatic heterocycles. The smallest absolute Gasteiger partial charge is 0.416 e. The van der Waals surface area contributed by atoms with Crippen LogP contribution in [0.5, 0.6) is 11.5 Å². The van der Waals surface area contributed by atoms with Gasteiger partial charge in [0.2, 0.25) is 0 Å². The Kier molecular flexibility index (Phi) is 8.81. The monoisotopic (exact) mass is 665 g/mol. The number of alkyl halides is 3. The molecule has 0 amide bonds. The van der Waals surface area contributed by atoms with Crippen LogP contribution in [0.1, 0.15) is 34.0 Å². The number of nitrogens with zero attached hydrogens (tertiary/aromatic N) is 3. The van der Waals surface area contributed by atoms with Gasteiger partial charge in [0, 0.05) is 5.56 Å².